The Kier molecular flexibility index (Phi) is 17.0. The second-order valence-electron chi connectivity index (χ2n) is 8.41. The van der Waals surface area contributed by atoms with Gasteiger partial charge in [-0.3, -0.25) is 19.2 Å². The van der Waals surface area contributed by atoms with Crippen molar-refractivity contribution in [2.45, 2.75) is 89.8 Å². The van der Waals surface area contributed by atoms with Crippen LogP contribution in [-0.2, 0) is 24.0 Å². The van der Waals surface area contributed by atoms with Crippen molar-refractivity contribution in [3.8, 4) is 0 Å². The van der Waals surface area contributed by atoms with E-state index >= 15 is 0 Å². The second kappa shape index (κ2) is 18.5. The molecule has 4 amide bonds. The Morgan fingerprint density at radius 1 is 0.857 bits per heavy atom. The number of nitrogens with one attached hydrogen (secondary N) is 3. The number of nitrogens with zero attached hydrogens (tertiary/aromatic N) is 1. The van der Waals surface area contributed by atoms with Gasteiger partial charge in [-0.2, -0.15) is 5.12 Å². The maximum atomic E-state index is 14.9. The summed E-state index contributed by atoms with van der Waals surface area (Å²) in [6.45, 7) is 3.85. The van der Waals surface area contributed by atoms with Crippen molar-refractivity contribution in [1.82, 2.24) is 21.1 Å². The molecule has 35 heavy (non-hydrogen) atoms. The number of rotatable bonds is 19. The van der Waals surface area contributed by atoms with Gasteiger partial charge in [0.15, 0.2) is 6.04 Å². The molecule has 0 unspecified atom stereocenters. The van der Waals surface area contributed by atoms with Crippen LogP contribution in [0.4, 0.5) is 4.48 Å². The lowest BCUT2D eigenvalue weighted by molar-refractivity contribution is -0.168. The standard InChI is InChI=1S/C22H41FN6O6/c1-15(30)26-13-7-4-9-17(25)20(32)28-18(10-5-8-14-27-16(2)31)21(33)29(23)19(22(34)35)11-3-6-12-24/h17-19H,3-14,24-25H2,1-2H3,(H,26,30)(H,27,31)(H,28,32)(H,34,35)/t17-,18-,19-/m0/s1. The number of amides is 4. The van der Waals surface area contributed by atoms with Crippen LogP contribution < -0.4 is 27.4 Å². The van der Waals surface area contributed by atoms with E-state index < -0.39 is 35.9 Å². The van der Waals surface area contributed by atoms with E-state index in [9.17, 15) is 33.6 Å². The predicted molar refractivity (Wildman–Crippen MR) is 127 cm³/mol. The zero-order valence-corrected chi connectivity index (χ0v) is 20.7. The molecule has 0 aliphatic carbocycles. The zero-order valence-electron chi connectivity index (χ0n) is 20.7. The third kappa shape index (κ3) is 14.9. The van der Waals surface area contributed by atoms with Gasteiger partial charge in [-0.1, -0.05) is 4.48 Å². The first-order chi connectivity index (χ1) is 16.5. The largest absolute Gasteiger partial charge is 0.480 e. The van der Waals surface area contributed by atoms with E-state index in [1.165, 1.54) is 13.8 Å². The van der Waals surface area contributed by atoms with Crippen LogP contribution in [0.1, 0.15) is 71.6 Å². The number of unbranched alkanes of at least 4 members (excludes halogenated alkanes) is 3. The Hall–Kier alpha value is -2.80. The molecule has 0 aromatic carbocycles. The van der Waals surface area contributed by atoms with Gasteiger partial charge in [-0.05, 0) is 64.3 Å². The van der Waals surface area contributed by atoms with Crippen LogP contribution >= 0.6 is 0 Å². The number of hydrogen-bond acceptors (Lipinski definition) is 7. The van der Waals surface area contributed by atoms with Crippen molar-refractivity contribution in [2.24, 2.45) is 11.5 Å². The molecule has 0 rings (SSSR count). The maximum Gasteiger partial charge on any atom is 0.329 e. The Balaban J connectivity index is 5.12. The van der Waals surface area contributed by atoms with E-state index in [1.807, 2.05) is 0 Å². The highest BCUT2D eigenvalue weighted by molar-refractivity contribution is 5.91. The van der Waals surface area contributed by atoms with Crippen LogP contribution in [0.5, 0.6) is 0 Å². The minimum atomic E-state index is -1.70. The van der Waals surface area contributed by atoms with Gasteiger partial charge in [0.25, 0.3) is 5.91 Å². The third-order valence-corrected chi connectivity index (χ3v) is 5.26. The Morgan fingerprint density at radius 2 is 1.37 bits per heavy atom. The lowest BCUT2D eigenvalue weighted by Gasteiger charge is -2.26. The van der Waals surface area contributed by atoms with Crippen LogP contribution in [0, 0.1) is 0 Å². The average Bonchev–Trinajstić information content (AvgIpc) is 2.78. The van der Waals surface area contributed by atoms with Gasteiger partial charge in [0.1, 0.15) is 6.04 Å². The fourth-order valence-electron chi connectivity index (χ4n) is 3.28. The van der Waals surface area contributed by atoms with Gasteiger partial charge in [-0.25, -0.2) is 4.79 Å². The molecule has 0 aliphatic rings. The van der Waals surface area contributed by atoms with E-state index in [-0.39, 0.29) is 36.2 Å². The Morgan fingerprint density at radius 3 is 1.86 bits per heavy atom. The summed E-state index contributed by atoms with van der Waals surface area (Å²) >= 11 is 0. The SMILES string of the molecule is CC(=O)NCCCC[C@H](NC(=O)[C@@H](N)CCCCNC(C)=O)C(=O)N(F)[C@@H](CCCCN)C(=O)O. The molecule has 0 bridgehead atoms. The number of carboxylic acids is 1. The number of aliphatic carboxylic acids is 1. The van der Waals surface area contributed by atoms with Gasteiger partial charge in [0.05, 0.1) is 6.04 Å². The second-order valence-corrected chi connectivity index (χ2v) is 8.41. The van der Waals surface area contributed by atoms with Gasteiger partial charge in [0.2, 0.25) is 17.7 Å². The number of hydrogen-bond donors (Lipinski definition) is 6. The van der Waals surface area contributed by atoms with Crippen LogP contribution in [0.2, 0.25) is 0 Å². The molecule has 0 aromatic rings. The molecule has 0 saturated heterocycles. The summed E-state index contributed by atoms with van der Waals surface area (Å²) in [6.07, 6.45) is 2.98. The molecule has 12 nitrogen and oxygen atoms in total. The summed E-state index contributed by atoms with van der Waals surface area (Å²) in [6, 6.07) is -3.98. The molecule has 0 fully saturated rings. The highest BCUT2D eigenvalue weighted by atomic mass is 19.2. The summed E-state index contributed by atoms with van der Waals surface area (Å²) in [5.74, 6) is -3.70. The van der Waals surface area contributed by atoms with Gasteiger partial charge < -0.3 is 32.5 Å². The molecular formula is C22H41FN6O6. The van der Waals surface area contributed by atoms with E-state index in [0.717, 1.165) is 0 Å². The monoisotopic (exact) mass is 504 g/mol. The number of halogens is 1. The first-order valence-corrected chi connectivity index (χ1v) is 12.0. The van der Waals surface area contributed by atoms with Crippen LogP contribution in [0.25, 0.3) is 0 Å². The minimum Gasteiger partial charge on any atom is -0.480 e. The first-order valence-electron chi connectivity index (χ1n) is 12.0. The average molecular weight is 505 g/mol. The summed E-state index contributed by atoms with van der Waals surface area (Å²) in [4.78, 5) is 58.8. The van der Waals surface area contributed by atoms with Crippen molar-refractivity contribution in [3.05, 3.63) is 0 Å². The molecule has 202 valence electrons. The number of carbonyl (C=O) groups is 5. The Labute approximate surface area is 205 Å². The van der Waals surface area contributed by atoms with Crippen molar-refractivity contribution in [3.63, 3.8) is 0 Å². The van der Waals surface area contributed by atoms with E-state index in [4.69, 9.17) is 11.5 Å². The molecule has 3 atom stereocenters. The number of carboxylic acid groups (broad SMARTS) is 1. The quantitative estimate of drug-likeness (QED) is 0.102. The number of nitrogens with two attached hydrogens (primary N) is 2. The summed E-state index contributed by atoms with van der Waals surface area (Å²) < 4.78 is 14.9. The number of carbonyl (C=O) groups excluding carboxylic acids is 4. The molecule has 0 saturated carbocycles. The van der Waals surface area contributed by atoms with Crippen molar-refractivity contribution >= 4 is 29.6 Å². The highest BCUT2D eigenvalue weighted by Crippen LogP contribution is 2.15. The molecule has 0 spiro atoms. The minimum absolute atomic E-state index is 0.0367. The zero-order chi connectivity index (χ0) is 26.8. The fourth-order valence-corrected chi connectivity index (χ4v) is 3.28. The summed E-state index contributed by atoms with van der Waals surface area (Å²) in [7, 11) is 0. The first kappa shape index (κ1) is 32.2. The highest BCUT2D eigenvalue weighted by Gasteiger charge is 2.35. The van der Waals surface area contributed by atoms with Gasteiger partial charge in [0, 0.05) is 26.9 Å². The Bertz CT molecular complexity index is 695. The molecule has 13 heteroatoms. The fraction of sp³-hybridized carbons (Fsp3) is 0.773. The third-order valence-electron chi connectivity index (χ3n) is 5.26. The van der Waals surface area contributed by atoms with Gasteiger partial charge in [-0.15, -0.1) is 0 Å². The lowest BCUT2D eigenvalue weighted by Crippen LogP contribution is -2.53. The molecular weight excluding hydrogens is 463 g/mol. The molecule has 8 N–H and O–H groups in total. The van der Waals surface area contributed by atoms with Crippen LogP contribution in [0.3, 0.4) is 0 Å². The smallest absolute Gasteiger partial charge is 0.329 e. The molecule has 0 aromatic heterocycles. The van der Waals surface area contributed by atoms with E-state index in [2.05, 4.69) is 16.0 Å². The van der Waals surface area contributed by atoms with E-state index in [0.29, 0.717) is 58.2 Å². The topological polar surface area (TPSA) is 197 Å². The van der Waals surface area contributed by atoms with Gasteiger partial charge >= 0.3 is 5.97 Å². The summed E-state index contributed by atoms with van der Waals surface area (Å²) in [5, 5.41) is 16.7. The predicted octanol–water partition coefficient (Wildman–Crippen LogP) is -0.293. The van der Waals surface area contributed by atoms with Crippen molar-refractivity contribution in [1.29, 1.82) is 0 Å². The molecule has 0 radical (unpaired) electrons. The molecule has 0 heterocycles. The lowest BCUT2D eigenvalue weighted by atomic mass is 10.0. The van der Waals surface area contributed by atoms with E-state index in [1.54, 1.807) is 0 Å². The normalized spacial score (nSPS) is 13.3. The molecule has 0 aliphatic heterocycles. The van der Waals surface area contributed by atoms with Crippen molar-refractivity contribution < 1.29 is 33.6 Å². The maximum absolute atomic E-state index is 14.9. The van der Waals surface area contributed by atoms with Crippen molar-refractivity contribution in [2.75, 3.05) is 19.6 Å². The van der Waals surface area contributed by atoms with Crippen LogP contribution in [-0.4, -0.2) is 77.6 Å². The summed E-state index contributed by atoms with van der Waals surface area (Å²) in [5.41, 5.74) is 11.3. The van der Waals surface area contributed by atoms with Crippen LogP contribution in [0.15, 0.2) is 0 Å².